The van der Waals surface area contributed by atoms with Crippen molar-refractivity contribution in [3.05, 3.63) is 65.0 Å². The number of hydrogen-bond acceptors (Lipinski definition) is 3. The van der Waals surface area contributed by atoms with Gasteiger partial charge in [0.05, 0.1) is 5.56 Å². The number of fused-ring (bicyclic) bond motifs is 1. The SMILES string of the molecule is O=C(O)c1csc2ccc(OCc3ccccc3)cc12. The van der Waals surface area contributed by atoms with Crippen LogP contribution in [-0.4, -0.2) is 11.1 Å². The molecule has 20 heavy (non-hydrogen) atoms. The second kappa shape index (κ2) is 5.35. The van der Waals surface area contributed by atoms with Crippen molar-refractivity contribution in [3.63, 3.8) is 0 Å². The van der Waals surface area contributed by atoms with Gasteiger partial charge in [-0.15, -0.1) is 11.3 Å². The third-order valence-electron chi connectivity index (χ3n) is 3.02. The molecule has 0 unspecified atom stereocenters. The molecule has 4 heteroatoms. The maximum atomic E-state index is 11.1. The second-order valence-corrected chi connectivity index (χ2v) is 5.30. The highest BCUT2D eigenvalue weighted by Crippen LogP contribution is 2.29. The van der Waals surface area contributed by atoms with E-state index >= 15 is 0 Å². The van der Waals surface area contributed by atoms with Gasteiger partial charge in [-0.1, -0.05) is 30.3 Å². The Balaban J connectivity index is 1.85. The first-order valence-corrected chi connectivity index (χ1v) is 7.03. The van der Waals surface area contributed by atoms with Gasteiger partial charge in [-0.3, -0.25) is 0 Å². The van der Waals surface area contributed by atoms with Crippen LogP contribution in [-0.2, 0) is 6.61 Å². The Morgan fingerprint density at radius 1 is 1.15 bits per heavy atom. The standard InChI is InChI=1S/C16H12O3S/c17-16(18)14-10-20-15-7-6-12(8-13(14)15)19-9-11-4-2-1-3-5-11/h1-8,10H,9H2,(H,17,18). The zero-order valence-corrected chi connectivity index (χ0v) is 11.4. The number of benzene rings is 2. The number of carboxylic acid groups (broad SMARTS) is 1. The molecule has 0 aliphatic carbocycles. The molecule has 0 fully saturated rings. The predicted octanol–water partition coefficient (Wildman–Crippen LogP) is 4.18. The number of carbonyl (C=O) groups is 1. The van der Waals surface area contributed by atoms with Crippen LogP contribution in [0.2, 0.25) is 0 Å². The van der Waals surface area contributed by atoms with Crippen molar-refractivity contribution in [1.29, 1.82) is 0 Å². The van der Waals surface area contributed by atoms with Crippen LogP contribution >= 0.6 is 11.3 Å². The number of thiophene rings is 1. The lowest BCUT2D eigenvalue weighted by Gasteiger charge is -2.06. The van der Waals surface area contributed by atoms with Gasteiger partial charge in [0.1, 0.15) is 12.4 Å². The Labute approximate surface area is 120 Å². The molecule has 3 rings (SSSR count). The molecule has 0 aliphatic rings. The molecule has 0 saturated heterocycles. The lowest BCUT2D eigenvalue weighted by molar-refractivity contribution is 0.0699. The minimum absolute atomic E-state index is 0.329. The molecule has 0 saturated carbocycles. The first kappa shape index (κ1) is 12.7. The van der Waals surface area contributed by atoms with Crippen LogP contribution in [0.3, 0.4) is 0 Å². The largest absolute Gasteiger partial charge is 0.489 e. The van der Waals surface area contributed by atoms with Crippen molar-refractivity contribution in [1.82, 2.24) is 0 Å². The number of hydrogen-bond donors (Lipinski definition) is 1. The molecule has 1 N–H and O–H groups in total. The summed E-state index contributed by atoms with van der Waals surface area (Å²) in [6, 6.07) is 15.4. The molecule has 100 valence electrons. The van der Waals surface area contributed by atoms with Gasteiger partial charge in [0, 0.05) is 15.5 Å². The summed E-state index contributed by atoms with van der Waals surface area (Å²) in [7, 11) is 0. The number of ether oxygens (including phenoxy) is 1. The van der Waals surface area contributed by atoms with Crippen LogP contribution in [0.4, 0.5) is 0 Å². The predicted molar refractivity (Wildman–Crippen MR) is 79.6 cm³/mol. The van der Waals surface area contributed by atoms with Gasteiger partial charge in [0.15, 0.2) is 0 Å². The molecule has 0 bridgehead atoms. The highest BCUT2D eigenvalue weighted by Gasteiger charge is 2.11. The summed E-state index contributed by atoms with van der Waals surface area (Å²) in [5, 5.41) is 11.5. The van der Waals surface area contributed by atoms with Crippen molar-refractivity contribution in [2.75, 3.05) is 0 Å². The molecule has 3 nitrogen and oxygen atoms in total. The van der Waals surface area contributed by atoms with Gasteiger partial charge < -0.3 is 9.84 Å². The molecular formula is C16H12O3S. The molecular weight excluding hydrogens is 272 g/mol. The Bertz CT molecular complexity index is 747. The average molecular weight is 284 g/mol. The van der Waals surface area contributed by atoms with E-state index in [1.165, 1.54) is 11.3 Å². The van der Waals surface area contributed by atoms with Gasteiger partial charge in [0.2, 0.25) is 0 Å². The van der Waals surface area contributed by atoms with Crippen LogP contribution in [0.1, 0.15) is 15.9 Å². The Kier molecular flexibility index (Phi) is 3.39. The molecule has 0 amide bonds. The fourth-order valence-electron chi connectivity index (χ4n) is 2.00. The Morgan fingerprint density at radius 3 is 2.70 bits per heavy atom. The van der Waals surface area contributed by atoms with Gasteiger partial charge in [-0.05, 0) is 23.8 Å². The smallest absolute Gasteiger partial charge is 0.337 e. The minimum Gasteiger partial charge on any atom is -0.489 e. The van der Waals surface area contributed by atoms with Gasteiger partial charge in [-0.2, -0.15) is 0 Å². The molecule has 1 aromatic heterocycles. The van der Waals surface area contributed by atoms with Crippen LogP contribution in [0.5, 0.6) is 5.75 Å². The fraction of sp³-hybridized carbons (Fsp3) is 0.0625. The molecule has 0 aliphatic heterocycles. The summed E-state index contributed by atoms with van der Waals surface area (Å²) in [6.45, 7) is 0.471. The third-order valence-corrected chi connectivity index (χ3v) is 3.99. The highest BCUT2D eigenvalue weighted by atomic mass is 32.1. The summed E-state index contributed by atoms with van der Waals surface area (Å²) in [6.07, 6.45) is 0. The molecule has 2 aromatic carbocycles. The third kappa shape index (κ3) is 2.51. The monoisotopic (exact) mass is 284 g/mol. The lowest BCUT2D eigenvalue weighted by atomic mass is 10.2. The van der Waals surface area contributed by atoms with Gasteiger partial charge in [-0.25, -0.2) is 4.79 Å². The maximum Gasteiger partial charge on any atom is 0.337 e. The number of aromatic carboxylic acids is 1. The van der Waals surface area contributed by atoms with Crippen LogP contribution < -0.4 is 4.74 Å². The second-order valence-electron chi connectivity index (χ2n) is 4.39. The topological polar surface area (TPSA) is 46.5 Å². The number of carboxylic acids is 1. The summed E-state index contributed by atoms with van der Waals surface area (Å²) in [5.41, 5.74) is 1.41. The van der Waals surface area contributed by atoms with E-state index in [0.29, 0.717) is 17.9 Å². The van der Waals surface area contributed by atoms with E-state index in [1.54, 1.807) is 11.4 Å². The van der Waals surface area contributed by atoms with Crippen molar-refractivity contribution in [2.24, 2.45) is 0 Å². The van der Waals surface area contributed by atoms with E-state index < -0.39 is 5.97 Å². The van der Waals surface area contributed by atoms with Crippen molar-refractivity contribution >= 4 is 27.4 Å². The quantitative estimate of drug-likeness (QED) is 0.781. The average Bonchev–Trinajstić information content (AvgIpc) is 2.89. The van der Waals surface area contributed by atoms with E-state index in [2.05, 4.69) is 0 Å². The van der Waals surface area contributed by atoms with E-state index in [0.717, 1.165) is 15.6 Å². The Hall–Kier alpha value is -2.33. The van der Waals surface area contributed by atoms with E-state index in [9.17, 15) is 4.79 Å². The zero-order valence-electron chi connectivity index (χ0n) is 10.6. The Morgan fingerprint density at radius 2 is 1.95 bits per heavy atom. The first-order valence-electron chi connectivity index (χ1n) is 6.15. The van der Waals surface area contributed by atoms with Gasteiger partial charge in [0.25, 0.3) is 0 Å². The normalized spacial score (nSPS) is 10.6. The molecule has 0 radical (unpaired) electrons. The summed E-state index contributed by atoms with van der Waals surface area (Å²) >= 11 is 1.43. The molecule has 0 atom stereocenters. The van der Waals surface area contributed by atoms with Crippen LogP contribution in [0.25, 0.3) is 10.1 Å². The summed E-state index contributed by atoms with van der Waals surface area (Å²) in [4.78, 5) is 11.1. The van der Waals surface area contributed by atoms with Gasteiger partial charge >= 0.3 is 5.97 Å². The summed E-state index contributed by atoms with van der Waals surface area (Å²) in [5.74, 6) is -0.223. The maximum absolute atomic E-state index is 11.1. The van der Waals surface area contributed by atoms with Crippen LogP contribution in [0, 0.1) is 0 Å². The lowest BCUT2D eigenvalue weighted by Crippen LogP contribution is -1.96. The molecule has 3 aromatic rings. The first-order chi connectivity index (χ1) is 9.74. The number of rotatable bonds is 4. The van der Waals surface area contributed by atoms with E-state index in [4.69, 9.17) is 9.84 Å². The van der Waals surface area contributed by atoms with Crippen molar-refractivity contribution < 1.29 is 14.6 Å². The molecule has 0 spiro atoms. The zero-order chi connectivity index (χ0) is 13.9. The molecule has 1 heterocycles. The van der Waals surface area contributed by atoms with Crippen molar-refractivity contribution in [3.8, 4) is 5.75 Å². The highest BCUT2D eigenvalue weighted by molar-refractivity contribution is 7.17. The van der Waals surface area contributed by atoms with E-state index in [1.807, 2.05) is 42.5 Å². The minimum atomic E-state index is -0.906. The summed E-state index contributed by atoms with van der Waals surface area (Å²) < 4.78 is 6.67. The van der Waals surface area contributed by atoms with Crippen LogP contribution in [0.15, 0.2) is 53.9 Å². The van der Waals surface area contributed by atoms with E-state index in [-0.39, 0.29) is 0 Å². The fourth-order valence-corrected chi connectivity index (χ4v) is 2.92. The van der Waals surface area contributed by atoms with Crippen molar-refractivity contribution in [2.45, 2.75) is 6.61 Å².